The Morgan fingerprint density at radius 2 is 2.07 bits per heavy atom. The summed E-state index contributed by atoms with van der Waals surface area (Å²) in [5.41, 5.74) is 0. The highest BCUT2D eigenvalue weighted by Gasteiger charge is 2.16. The summed E-state index contributed by atoms with van der Waals surface area (Å²) in [5.74, 6) is 0.612. The van der Waals surface area contributed by atoms with Crippen LogP contribution < -0.4 is 4.74 Å². The minimum atomic E-state index is 0.298. The van der Waals surface area contributed by atoms with Gasteiger partial charge in [-0.25, -0.2) is 9.97 Å². The molecule has 1 aliphatic carbocycles. The van der Waals surface area contributed by atoms with E-state index in [1.54, 1.807) is 6.20 Å². The Hall–Kier alpha value is -0.830. The number of hydrogen-bond acceptors (Lipinski definition) is 3. The quantitative estimate of drug-likeness (QED) is 0.708. The Morgan fingerprint density at radius 1 is 1.29 bits per heavy atom. The summed E-state index contributed by atoms with van der Waals surface area (Å²) in [7, 11) is 0. The van der Waals surface area contributed by atoms with Gasteiger partial charge in [-0.05, 0) is 25.7 Å². The Morgan fingerprint density at radius 3 is 2.79 bits per heavy atom. The molecule has 0 saturated heterocycles. The molecular weight excluding hydrogens is 200 g/mol. The van der Waals surface area contributed by atoms with Crippen LogP contribution in [-0.4, -0.2) is 16.1 Å². The van der Waals surface area contributed by atoms with Crippen molar-refractivity contribution in [2.45, 2.75) is 38.2 Å². The van der Waals surface area contributed by atoms with Gasteiger partial charge in [0.05, 0.1) is 12.3 Å². The third-order valence-electron chi connectivity index (χ3n) is 2.48. The van der Waals surface area contributed by atoms with E-state index >= 15 is 0 Å². The normalized spacial score (nSPS) is 18.1. The first kappa shape index (κ1) is 9.71. The summed E-state index contributed by atoms with van der Waals surface area (Å²) in [5, 5.41) is 0.408. The first-order chi connectivity index (χ1) is 6.86. The van der Waals surface area contributed by atoms with E-state index in [4.69, 9.17) is 16.3 Å². The van der Waals surface area contributed by atoms with E-state index in [1.165, 1.54) is 25.6 Å². The highest BCUT2D eigenvalue weighted by atomic mass is 35.5. The van der Waals surface area contributed by atoms with Gasteiger partial charge in [0.15, 0.2) is 10.9 Å². The zero-order chi connectivity index (χ0) is 9.80. The summed E-state index contributed by atoms with van der Waals surface area (Å²) < 4.78 is 5.73. The first-order valence-electron chi connectivity index (χ1n) is 4.98. The zero-order valence-electron chi connectivity index (χ0n) is 7.95. The molecule has 0 aliphatic heterocycles. The fourth-order valence-electron chi connectivity index (χ4n) is 1.74. The van der Waals surface area contributed by atoms with Gasteiger partial charge in [0, 0.05) is 0 Å². The monoisotopic (exact) mass is 212 g/mol. The van der Waals surface area contributed by atoms with Gasteiger partial charge in [0.25, 0.3) is 0 Å². The maximum absolute atomic E-state index is 5.87. The molecule has 0 bridgehead atoms. The van der Waals surface area contributed by atoms with Gasteiger partial charge in [-0.2, -0.15) is 0 Å². The van der Waals surface area contributed by atoms with E-state index < -0.39 is 0 Å². The standard InChI is InChI=1S/C10H13ClN2O/c11-10-9(6-12-7-13-10)14-8-4-2-1-3-5-8/h6-8H,1-5H2. The Bertz CT molecular complexity index is 300. The van der Waals surface area contributed by atoms with Gasteiger partial charge in [-0.15, -0.1) is 0 Å². The van der Waals surface area contributed by atoms with Crippen molar-refractivity contribution in [2.24, 2.45) is 0 Å². The summed E-state index contributed by atoms with van der Waals surface area (Å²) in [6.45, 7) is 0. The highest BCUT2D eigenvalue weighted by Crippen LogP contribution is 2.26. The zero-order valence-corrected chi connectivity index (χ0v) is 8.70. The van der Waals surface area contributed by atoms with Crippen molar-refractivity contribution in [3.8, 4) is 5.75 Å². The number of hydrogen-bond donors (Lipinski definition) is 0. The van der Waals surface area contributed by atoms with Crippen LogP contribution in [0.4, 0.5) is 0 Å². The molecule has 0 amide bonds. The van der Waals surface area contributed by atoms with Gasteiger partial charge in [0.2, 0.25) is 0 Å². The molecule has 1 aromatic rings. The van der Waals surface area contributed by atoms with E-state index in [2.05, 4.69) is 9.97 Å². The van der Waals surface area contributed by atoms with Crippen LogP contribution in [0.5, 0.6) is 5.75 Å². The molecule has 0 N–H and O–H groups in total. The van der Waals surface area contributed by atoms with Crippen LogP contribution in [0.25, 0.3) is 0 Å². The molecule has 0 radical (unpaired) electrons. The van der Waals surface area contributed by atoms with Crippen molar-refractivity contribution in [1.29, 1.82) is 0 Å². The van der Waals surface area contributed by atoms with Gasteiger partial charge in [-0.1, -0.05) is 18.0 Å². The topological polar surface area (TPSA) is 35.0 Å². The summed E-state index contributed by atoms with van der Waals surface area (Å²) in [6, 6.07) is 0. The van der Waals surface area contributed by atoms with Gasteiger partial charge < -0.3 is 4.74 Å². The minimum absolute atomic E-state index is 0.298. The summed E-state index contributed by atoms with van der Waals surface area (Å²) >= 11 is 5.87. The average Bonchev–Trinajstić information content (AvgIpc) is 2.23. The predicted octanol–water partition coefficient (Wildman–Crippen LogP) is 2.84. The number of aromatic nitrogens is 2. The lowest BCUT2D eigenvalue weighted by atomic mass is 9.98. The second-order valence-corrected chi connectivity index (χ2v) is 3.91. The molecule has 3 nitrogen and oxygen atoms in total. The van der Waals surface area contributed by atoms with Crippen molar-refractivity contribution < 1.29 is 4.74 Å². The molecule has 0 aromatic carbocycles. The third-order valence-corrected chi connectivity index (χ3v) is 2.76. The molecule has 76 valence electrons. The molecule has 4 heteroatoms. The Labute approximate surface area is 88.5 Å². The molecule has 1 aromatic heterocycles. The van der Waals surface area contributed by atoms with Crippen LogP contribution >= 0.6 is 11.6 Å². The van der Waals surface area contributed by atoms with Crippen LogP contribution in [0.2, 0.25) is 5.15 Å². The average molecular weight is 213 g/mol. The van der Waals surface area contributed by atoms with E-state index in [9.17, 15) is 0 Å². The van der Waals surface area contributed by atoms with Crippen LogP contribution in [-0.2, 0) is 0 Å². The van der Waals surface area contributed by atoms with Crippen molar-refractivity contribution in [3.05, 3.63) is 17.7 Å². The van der Waals surface area contributed by atoms with Crippen molar-refractivity contribution >= 4 is 11.6 Å². The predicted molar refractivity (Wildman–Crippen MR) is 54.5 cm³/mol. The van der Waals surface area contributed by atoms with Crippen LogP contribution in [0, 0.1) is 0 Å². The molecule has 14 heavy (non-hydrogen) atoms. The van der Waals surface area contributed by atoms with Crippen LogP contribution in [0.1, 0.15) is 32.1 Å². The number of nitrogens with zero attached hydrogens (tertiary/aromatic N) is 2. The molecule has 1 heterocycles. The third kappa shape index (κ3) is 2.35. The fraction of sp³-hybridized carbons (Fsp3) is 0.600. The molecule has 2 rings (SSSR count). The molecular formula is C10H13ClN2O. The van der Waals surface area contributed by atoms with Crippen molar-refractivity contribution in [1.82, 2.24) is 9.97 Å². The van der Waals surface area contributed by atoms with Gasteiger partial charge >= 0.3 is 0 Å². The molecule has 0 unspecified atom stereocenters. The number of halogens is 1. The second-order valence-electron chi connectivity index (χ2n) is 3.56. The van der Waals surface area contributed by atoms with E-state index in [-0.39, 0.29) is 0 Å². The maximum atomic E-state index is 5.87. The molecule has 0 spiro atoms. The smallest absolute Gasteiger partial charge is 0.175 e. The molecule has 1 saturated carbocycles. The Balaban J connectivity index is 1.99. The van der Waals surface area contributed by atoms with Crippen molar-refractivity contribution in [3.63, 3.8) is 0 Å². The van der Waals surface area contributed by atoms with Gasteiger partial charge in [-0.3, -0.25) is 0 Å². The lowest BCUT2D eigenvalue weighted by molar-refractivity contribution is 0.154. The number of rotatable bonds is 2. The summed E-state index contributed by atoms with van der Waals surface area (Å²) in [4.78, 5) is 7.76. The highest BCUT2D eigenvalue weighted by molar-refractivity contribution is 6.30. The first-order valence-corrected chi connectivity index (χ1v) is 5.36. The molecule has 0 atom stereocenters. The van der Waals surface area contributed by atoms with E-state index in [1.807, 2.05) is 0 Å². The largest absolute Gasteiger partial charge is 0.486 e. The van der Waals surface area contributed by atoms with Gasteiger partial charge in [0.1, 0.15) is 6.33 Å². The SMILES string of the molecule is Clc1ncncc1OC1CCCCC1. The minimum Gasteiger partial charge on any atom is -0.486 e. The number of ether oxygens (including phenoxy) is 1. The lowest BCUT2D eigenvalue weighted by Gasteiger charge is -2.22. The van der Waals surface area contributed by atoms with Crippen molar-refractivity contribution in [2.75, 3.05) is 0 Å². The van der Waals surface area contributed by atoms with E-state index in [0.717, 1.165) is 12.8 Å². The second kappa shape index (κ2) is 4.60. The van der Waals surface area contributed by atoms with E-state index in [0.29, 0.717) is 17.0 Å². The fourth-order valence-corrected chi connectivity index (χ4v) is 1.88. The molecule has 1 fully saturated rings. The van der Waals surface area contributed by atoms with Crippen LogP contribution in [0.15, 0.2) is 12.5 Å². The Kier molecular flexibility index (Phi) is 3.19. The summed E-state index contributed by atoms with van der Waals surface area (Å²) in [6.07, 6.45) is 9.40. The molecule has 1 aliphatic rings. The maximum Gasteiger partial charge on any atom is 0.175 e. The lowest BCUT2D eigenvalue weighted by Crippen LogP contribution is -2.19. The van der Waals surface area contributed by atoms with Crippen LogP contribution in [0.3, 0.4) is 0 Å².